The van der Waals surface area contributed by atoms with E-state index in [1.807, 2.05) is 5.94 Å². The van der Waals surface area contributed by atoms with Gasteiger partial charge in [0.05, 0.1) is 33.2 Å². The molecule has 6 nitrogen and oxygen atoms in total. The van der Waals surface area contributed by atoms with E-state index in [0.29, 0.717) is 4.65 Å². The second kappa shape index (κ2) is 3.12. The Balaban J connectivity index is 1.98. The van der Waals surface area contributed by atoms with E-state index in [9.17, 15) is 4.79 Å². The standard InChI is InChI=1S/C9H15N4O2/c1-15-13-7-10-4-11(8-13)6-12(5-10)9(13)2-3-14/h2,9H,4-8H2,1H3/q+1. The average molecular weight is 211 g/mol. The van der Waals surface area contributed by atoms with Gasteiger partial charge in [0.15, 0.2) is 13.3 Å². The number of hydroxylamine groups is 3. The van der Waals surface area contributed by atoms with Crippen LogP contribution >= 0.6 is 0 Å². The third-order valence-electron chi connectivity index (χ3n) is 3.48. The average Bonchev–Trinajstić information content (AvgIpc) is 2.22. The summed E-state index contributed by atoms with van der Waals surface area (Å²) in [5, 5.41) is 0. The predicted octanol–water partition coefficient (Wildman–Crippen LogP) is -1.19. The van der Waals surface area contributed by atoms with Crippen LogP contribution in [-0.4, -0.2) is 71.9 Å². The Kier molecular flexibility index (Phi) is 1.97. The molecule has 4 aliphatic rings. The lowest BCUT2D eigenvalue weighted by Crippen LogP contribution is -2.82. The number of carbonyl (C=O) groups excluding carboxylic acids is 1. The van der Waals surface area contributed by atoms with Gasteiger partial charge in [-0.25, -0.2) is 24.3 Å². The van der Waals surface area contributed by atoms with E-state index in [-0.39, 0.29) is 6.17 Å². The van der Waals surface area contributed by atoms with Crippen molar-refractivity contribution in [1.29, 1.82) is 0 Å². The smallest absolute Gasteiger partial charge is 0.209 e. The van der Waals surface area contributed by atoms with Crippen molar-refractivity contribution < 1.29 is 14.3 Å². The minimum atomic E-state index is 0.0281. The lowest BCUT2D eigenvalue weighted by molar-refractivity contribution is -1.15. The van der Waals surface area contributed by atoms with Crippen molar-refractivity contribution >= 4 is 5.94 Å². The van der Waals surface area contributed by atoms with E-state index in [1.165, 1.54) is 0 Å². The monoisotopic (exact) mass is 211 g/mol. The van der Waals surface area contributed by atoms with E-state index in [0.717, 1.165) is 33.3 Å². The summed E-state index contributed by atoms with van der Waals surface area (Å²) in [7, 11) is 1.71. The maximum absolute atomic E-state index is 10.6. The van der Waals surface area contributed by atoms with Gasteiger partial charge in [-0.1, -0.05) is 0 Å². The quantitative estimate of drug-likeness (QED) is 0.424. The van der Waals surface area contributed by atoms with Crippen molar-refractivity contribution in [1.82, 2.24) is 14.7 Å². The second-order valence-corrected chi connectivity index (χ2v) is 4.47. The van der Waals surface area contributed by atoms with Gasteiger partial charge in [0, 0.05) is 0 Å². The Morgan fingerprint density at radius 3 is 2.53 bits per heavy atom. The fraction of sp³-hybridized carbons (Fsp3) is 0.778. The Morgan fingerprint density at radius 2 is 2.00 bits per heavy atom. The SMILES string of the molecule is CO[N+]12CN3CN(CN(C3)C1C=C=O)C2. The number of nitrogens with zero attached hydrogens (tertiary/aromatic N) is 4. The van der Waals surface area contributed by atoms with Crippen molar-refractivity contribution in [3.63, 3.8) is 0 Å². The molecule has 0 aromatic heterocycles. The minimum Gasteiger partial charge on any atom is -0.234 e. The first kappa shape index (κ1) is 9.47. The van der Waals surface area contributed by atoms with Gasteiger partial charge in [-0.05, 0) is 0 Å². The van der Waals surface area contributed by atoms with Crippen LogP contribution in [0.4, 0.5) is 0 Å². The van der Waals surface area contributed by atoms with Crippen molar-refractivity contribution in [3.8, 4) is 0 Å². The predicted molar refractivity (Wildman–Crippen MR) is 51.2 cm³/mol. The highest BCUT2D eigenvalue weighted by Gasteiger charge is 2.56. The maximum atomic E-state index is 10.6. The van der Waals surface area contributed by atoms with Crippen molar-refractivity contribution in [2.45, 2.75) is 6.17 Å². The van der Waals surface area contributed by atoms with Gasteiger partial charge in [0.2, 0.25) is 6.17 Å². The van der Waals surface area contributed by atoms with Gasteiger partial charge in [-0.3, -0.25) is 0 Å². The van der Waals surface area contributed by atoms with Crippen LogP contribution in [-0.2, 0) is 9.63 Å². The third kappa shape index (κ3) is 1.21. The summed E-state index contributed by atoms with van der Waals surface area (Å²) in [6.45, 7) is 4.56. The second-order valence-electron chi connectivity index (χ2n) is 4.47. The molecule has 4 bridgehead atoms. The first-order valence-electron chi connectivity index (χ1n) is 5.10. The van der Waals surface area contributed by atoms with Crippen LogP contribution in [0.2, 0.25) is 0 Å². The molecule has 4 rings (SSSR count). The number of hydrogen-bond donors (Lipinski definition) is 0. The molecule has 4 heterocycles. The summed E-state index contributed by atoms with van der Waals surface area (Å²) in [5.41, 5.74) is 0. The molecule has 3 unspecified atom stereocenters. The third-order valence-corrected chi connectivity index (χ3v) is 3.48. The molecule has 0 N–H and O–H groups in total. The van der Waals surface area contributed by atoms with Crippen LogP contribution in [0.3, 0.4) is 0 Å². The largest absolute Gasteiger partial charge is 0.234 e. The minimum absolute atomic E-state index is 0.0281. The molecule has 4 aliphatic heterocycles. The first-order valence-corrected chi connectivity index (χ1v) is 5.10. The fourth-order valence-corrected chi connectivity index (χ4v) is 2.99. The molecule has 4 fully saturated rings. The summed E-state index contributed by atoms with van der Waals surface area (Å²) in [4.78, 5) is 23.1. The van der Waals surface area contributed by atoms with Crippen LogP contribution < -0.4 is 0 Å². The van der Waals surface area contributed by atoms with E-state index in [1.54, 1.807) is 13.2 Å². The Bertz CT molecular complexity index is 314. The van der Waals surface area contributed by atoms with E-state index >= 15 is 0 Å². The molecule has 0 aromatic carbocycles. The Hall–Kier alpha value is -0.750. The number of rotatable bonds is 2. The van der Waals surface area contributed by atoms with Crippen LogP contribution in [0.1, 0.15) is 0 Å². The molecule has 0 amide bonds. The molecule has 6 heteroatoms. The van der Waals surface area contributed by atoms with Crippen molar-refractivity contribution in [2.24, 2.45) is 0 Å². The van der Waals surface area contributed by atoms with E-state index in [4.69, 9.17) is 4.84 Å². The summed E-state index contributed by atoms with van der Waals surface area (Å²) in [6, 6.07) is 0. The molecular weight excluding hydrogens is 196 g/mol. The van der Waals surface area contributed by atoms with E-state index < -0.39 is 0 Å². The van der Waals surface area contributed by atoms with Crippen molar-refractivity contribution in [2.75, 3.05) is 40.5 Å². The summed E-state index contributed by atoms with van der Waals surface area (Å²) < 4.78 is 0.481. The number of quaternary nitrogens is 1. The molecule has 0 spiro atoms. The number of hydrogen-bond acceptors (Lipinski definition) is 5. The van der Waals surface area contributed by atoms with Crippen LogP contribution in [0.25, 0.3) is 0 Å². The highest BCUT2D eigenvalue weighted by molar-refractivity contribution is 5.46. The summed E-state index contributed by atoms with van der Waals surface area (Å²) in [5.74, 6) is 1.91. The molecule has 4 saturated heterocycles. The van der Waals surface area contributed by atoms with E-state index in [2.05, 4.69) is 14.7 Å². The lowest BCUT2D eigenvalue weighted by atomic mass is 10.2. The van der Waals surface area contributed by atoms with Gasteiger partial charge < -0.3 is 0 Å². The fourth-order valence-electron chi connectivity index (χ4n) is 2.99. The Morgan fingerprint density at radius 1 is 1.33 bits per heavy atom. The van der Waals surface area contributed by atoms with Gasteiger partial charge in [-0.2, -0.15) is 0 Å². The Labute approximate surface area is 88.4 Å². The molecule has 0 saturated carbocycles. The molecule has 82 valence electrons. The van der Waals surface area contributed by atoms with Gasteiger partial charge in [0.25, 0.3) is 0 Å². The zero-order valence-electron chi connectivity index (χ0n) is 8.80. The molecular formula is C9H15N4O2+. The van der Waals surface area contributed by atoms with Crippen molar-refractivity contribution in [3.05, 3.63) is 6.08 Å². The van der Waals surface area contributed by atoms with Gasteiger partial charge in [-0.15, -0.1) is 4.65 Å². The normalized spacial score (nSPS) is 51.5. The zero-order valence-corrected chi connectivity index (χ0v) is 8.80. The van der Waals surface area contributed by atoms with Crippen LogP contribution in [0, 0.1) is 0 Å². The lowest BCUT2D eigenvalue weighted by Gasteiger charge is -2.61. The molecule has 0 aliphatic carbocycles. The molecule has 0 radical (unpaired) electrons. The molecule has 3 atom stereocenters. The highest BCUT2D eigenvalue weighted by atomic mass is 16.7. The first-order chi connectivity index (χ1) is 7.27. The van der Waals surface area contributed by atoms with Crippen LogP contribution in [0.5, 0.6) is 0 Å². The molecule has 15 heavy (non-hydrogen) atoms. The zero-order chi connectivity index (χ0) is 10.5. The molecule has 0 aromatic rings. The van der Waals surface area contributed by atoms with Gasteiger partial charge in [0.1, 0.15) is 5.94 Å². The summed E-state index contributed by atoms with van der Waals surface area (Å²) in [6.07, 6.45) is 1.61. The topological polar surface area (TPSA) is 36.0 Å². The van der Waals surface area contributed by atoms with Crippen LogP contribution in [0.15, 0.2) is 6.08 Å². The highest BCUT2D eigenvalue weighted by Crippen LogP contribution is 2.33. The summed E-state index contributed by atoms with van der Waals surface area (Å²) >= 11 is 0. The maximum Gasteiger partial charge on any atom is 0.209 e. The van der Waals surface area contributed by atoms with Gasteiger partial charge >= 0.3 is 0 Å².